The van der Waals surface area contributed by atoms with Gasteiger partial charge >= 0.3 is 6.09 Å². The Bertz CT molecular complexity index is 472. The number of aliphatic imine (C=N–C) groups is 1. The van der Waals surface area contributed by atoms with Crippen LogP contribution in [0.2, 0.25) is 0 Å². The topological polar surface area (TPSA) is 69.6 Å². The molecule has 2 rings (SSSR count). The van der Waals surface area contributed by atoms with Crippen LogP contribution in [-0.2, 0) is 9.47 Å². The number of amides is 1. The van der Waals surface area contributed by atoms with Crippen molar-refractivity contribution >= 4 is 36.0 Å². The first-order valence-corrected chi connectivity index (χ1v) is 9.85. The number of hydrogen-bond acceptors (Lipinski definition) is 5. The predicted molar refractivity (Wildman–Crippen MR) is 118 cm³/mol. The van der Waals surface area contributed by atoms with Crippen molar-refractivity contribution in [1.29, 1.82) is 0 Å². The second kappa shape index (κ2) is 12.6. The summed E-state index contributed by atoms with van der Waals surface area (Å²) in [5.41, 5.74) is 0. The maximum atomic E-state index is 11.8. The van der Waals surface area contributed by atoms with Crippen molar-refractivity contribution in [3.8, 4) is 0 Å². The van der Waals surface area contributed by atoms with E-state index in [4.69, 9.17) is 14.5 Å². The molecule has 0 bridgehead atoms. The van der Waals surface area contributed by atoms with Gasteiger partial charge in [0.15, 0.2) is 5.96 Å². The lowest BCUT2D eigenvalue weighted by Crippen LogP contribution is -2.54. The number of rotatable bonds is 5. The van der Waals surface area contributed by atoms with E-state index in [0.717, 1.165) is 51.9 Å². The molecule has 2 fully saturated rings. The second-order valence-corrected chi connectivity index (χ2v) is 6.88. The van der Waals surface area contributed by atoms with E-state index in [-0.39, 0.29) is 30.1 Å². The molecular formula is C18H36IN5O3. The smallest absolute Gasteiger partial charge is 0.409 e. The van der Waals surface area contributed by atoms with Crippen LogP contribution in [0.5, 0.6) is 0 Å². The minimum atomic E-state index is -0.219. The Balaban J connectivity index is 0.00000364. The highest BCUT2D eigenvalue weighted by Gasteiger charge is 2.25. The number of piperazine rings is 1. The third kappa shape index (κ3) is 7.26. The van der Waals surface area contributed by atoms with Crippen molar-refractivity contribution in [3.63, 3.8) is 0 Å². The average Bonchev–Trinajstić information content (AvgIpc) is 2.65. The Morgan fingerprint density at radius 2 is 1.89 bits per heavy atom. The molecule has 0 saturated carbocycles. The van der Waals surface area contributed by atoms with Gasteiger partial charge in [-0.3, -0.25) is 9.89 Å². The minimum Gasteiger partial charge on any atom is -0.450 e. The van der Waals surface area contributed by atoms with Gasteiger partial charge in [-0.2, -0.15) is 0 Å². The number of halogens is 1. The normalized spacial score (nSPS) is 22.8. The van der Waals surface area contributed by atoms with Crippen molar-refractivity contribution in [2.45, 2.75) is 39.8 Å². The molecule has 2 heterocycles. The summed E-state index contributed by atoms with van der Waals surface area (Å²) in [6.07, 6.45) is -0.219. The zero-order valence-electron chi connectivity index (χ0n) is 17.1. The van der Waals surface area contributed by atoms with Gasteiger partial charge in [-0.05, 0) is 27.7 Å². The molecule has 2 aliphatic heterocycles. The summed E-state index contributed by atoms with van der Waals surface area (Å²) in [4.78, 5) is 23.2. The molecule has 2 unspecified atom stereocenters. The maximum absolute atomic E-state index is 11.8. The zero-order valence-corrected chi connectivity index (χ0v) is 19.5. The van der Waals surface area contributed by atoms with E-state index in [1.54, 1.807) is 4.90 Å². The Labute approximate surface area is 180 Å². The van der Waals surface area contributed by atoms with E-state index >= 15 is 0 Å². The fourth-order valence-corrected chi connectivity index (χ4v) is 3.46. The Morgan fingerprint density at radius 1 is 1.22 bits per heavy atom. The van der Waals surface area contributed by atoms with Gasteiger partial charge in [-0.25, -0.2) is 4.79 Å². The molecule has 0 radical (unpaired) electrons. The van der Waals surface area contributed by atoms with E-state index in [0.29, 0.717) is 31.8 Å². The first-order chi connectivity index (χ1) is 12.6. The highest BCUT2D eigenvalue weighted by Crippen LogP contribution is 2.11. The molecule has 1 amide bonds. The lowest BCUT2D eigenvalue weighted by atomic mass is 10.2. The van der Waals surface area contributed by atoms with Crippen LogP contribution in [0.4, 0.5) is 4.79 Å². The standard InChI is InChI=1S/C18H35N5O3.HI/c1-5-19-17(20-13-15(3)23-11-12-25-14-16(23)4)21-7-9-22(10-8-21)18(24)26-6-2;/h15-16H,5-14H2,1-4H3,(H,19,20);1H. The summed E-state index contributed by atoms with van der Waals surface area (Å²) in [6, 6.07) is 0.813. The molecule has 9 heteroatoms. The van der Waals surface area contributed by atoms with Crippen LogP contribution in [0.3, 0.4) is 0 Å². The first kappa shape index (κ1) is 24.2. The summed E-state index contributed by atoms with van der Waals surface area (Å²) in [7, 11) is 0. The monoisotopic (exact) mass is 497 g/mol. The predicted octanol–water partition coefficient (Wildman–Crippen LogP) is 1.45. The van der Waals surface area contributed by atoms with Gasteiger partial charge in [0.2, 0.25) is 0 Å². The van der Waals surface area contributed by atoms with Gasteiger partial charge in [0, 0.05) is 51.4 Å². The van der Waals surface area contributed by atoms with Crippen molar-refractivity contribution in [2.24, 2.45) is 4.99 Å². The van der Waals surface area contributed by atoms with Gasteiger partial charge < -0.3 is 24.6 Å². The number of nitrogens with one attached hydrogen (secondary N) is 1. The molecular weight excluding hydrogens is 461 g/mol. The number of nitrogens with zero attached hydrogens (tertiary/aromatic N) is 4. The van der Waals surface area contributed by atoms with Gasteiger partial charge in [-0.15, -0.1) is 24.0 Å². The van der Waals surface area contributed by atoms with Gasteiger partial charge in [0.25, 0.3) is 0 Å². The van der Waals surface area contributed by atoms with Crippen molar-refractivity contribution in [2.75, 3.05) is 65.6 Å². The van der Waals surface area contributed by atoms with Gasteiger partial charge in [0.05, 0.1) is 26.4 Å². The number of carbonyl (C=O) groups excluding carboxylic acids is 1. The zero-order chi connectivity index (χ0) is 18.9. The number of carbonyl (C=O) groups is 1. The largest absolute Gasteiger partial charge is 0.450 e. The van der Waals surface area contributed by atoms with Crippen LogP contribution in [0.1, 0.15) is 27.7 Å². The summed E-state index contributed by atoms with van der Waals surface area (Å²) >= 11 is 0. The van der Waals surface area contributed by atoms with E-state index in [9.17, 15) is 4.79 Å². The first-order valence-electron chi connectivity index (χ1n) is 9.85. The third-order valence-electron chi connectivity index (χ3n) is 4.93. The van der Waals surface area contributed by atoms with E-state index < -0.39 is 0 Å². The Morgan fingerprint density at radius 3 is 2.48 bits per heavy atom. The number of hydrogen-bond donors (Lipinski definition) is 1. The number of guanidine groups is 1. The highest BCUT2D eigenvalue weighted by molar-refractivity contribution is 14.0. The molecule has 8 nitrogen and oxygen atoms in total. The van der Waals surface area contributed by atoms with Gasteiger partial charge in [0.1, 0.15) is 0 Å². The van der Waals surface area contributed by atoms with Crippen LogP contribution in [0.15, 0.2) is 4.99 Å². The highest BCUT2D eigenvalue weighted by atomic mass is 127. The minimum absolute atomic E-state index is 0. The summed E-state index contributed by atoms with van der Waals surface area (Å²) < 4.78 is 10.6. The van der Waals surface area contributed by atoms with Gasteiger partial charge in [-0.1, -0.05) is 0 Å². The van der Waals surface area contributed by atoms with Crippen LogP contribution < -0.4 is 5.32 Å². The van der Waals surface area contributed by atoms with Crippen molar-refractivity contribution < 1.29 is 14.3 Å². The van der Waals surface area contributed by atoms with Crippen LogP contribution in [0, 0.1) is 0 Å². The lowest BCUT2D eigenvalue weighted by Gasteiger charge is -2.38. The van der Waals surface area contributed by atoms with Crippen LogP contribution in [0.25, 0.3) is 0 Å². The molecule has 0 aliphatic carbocycles. The Hall–Kier alpha value is -0.810. The van der Waals surface area contributed by atoms with Crippen molar-refractivity contribution in [3.05, 3.63) is 0 Å². The molecule has 0 aromatic rings. The quantitative estimate of drug-likeness (QED) is 0.353. The summed E-state index contributed by atoms with van der Waals surface area (Å²) in [5.74, 6) is 0.934. The lowest BCUT2D eigenvalue weighted by molar-refractivity contribution is -0.0166. The molecule has 2 atom stereocenters. The molecule has 0 spiro atoms. The molecule has 2 aliphatic rings. The second-order valence-electron chi connectivity index (χ2n) is 6.88. The van der Waals surface area contributed by atoms with Crippen LogP contribution in [-0.4, -0.2) is 104 Å². The van der Waals surface area contributed by atoms with E-state index in [1.165, 1.54) is 0 Å². The van der Waals surface area contributed by atoms with Crippen molar-refractivity contribution in [1.82, 2.24) is 20.0 Å². The molecule has 27 heavy (non-hydrogen) atoms. The Kier molecular flexibility index (Phi) is 11.3. The summed E-state index contributed by atoms with van der Waals surface area (Å²) in [6.45, 7) is 15.8. The summed E-state index contributed by atoms with van der Waals surface area (Å²) in [5, 5.41) is 3.39. The van der Waals surface area contributed by atoms with E-state index in [1.807, 2.05) is 6.92 Å². The molecule has 2 saturated heterocycles. The fourth-order valence-electron chi connectivity index (χ4n) is 3.46. The molecule has 0 aromatic heterocycles. The maximum Gasteiger partial charge on any atom is 0.409 e. The average molecular weight is 497 g/mol. The molecule has 1 N–H and O–H groups in total. The SMILES string of the molecule is CCNC(=NCC(C)N1CCOCC1C)N1CCN(C(=O)OCC)CC1.I. The third-order valence-corrected chi connectivity index (χ3v) is 4.93. The van der Waals surface area contributed by atoms with Crippen LogP contribution >= 0.6 is 24.0 Å². The fraction of sp³-hybridized carbons (Fsp3) is 0.889. The number of morpholine rings is 1. The number of ether oxygens (including phenoxy) is 2. The van der Waals surface area contributed by atoms with E-state index in [2.05, 4.69) is 35.9 Å². The molecule has 158 valence electrons. The molecule has 0 aromatic carbocycles.